The maximum Gasteiger partial charge on any atom is 0.274 e. The van der Waals surface area contributed by atoms with Crippen LogP contribution >= 0.6 is 0 Å². The van der Waals surface area contributed by atoms with E-state index in [2.05, 4.69) is 16.9 Å². The van der Waals surface area contributed by atoms with Gasteiger partial charge in [-0.1, -0.05) is 6.92 Å². The third kappa shape index (κ3) is 2.36. The average Bonchev–Trinajstić information content (AvgIpc) is 2.39. The van der Waals surface area contributed by atoms with Gasteiger partial charge >= 0.3 is 0 Å². The number of nitrogens with zero attached hydrogens (tertiary/aromatic N) is 3. The molecular weight excluding hydrogens is 230 g/mol. The number of carbonyl (C=O) groups is 1. The first kappa shape index (κ1) is 13.0. The molecule has 1 atom stereocenters. The molecule has 18 heavy (non-hydrogen) atoms. The second-order valence-electron chi connectivity index (χ2n) is 4.90. The Morgan fingerprint density at radius 1 is 1.50 bits per heavy atom. The summed E-state index contributed by atoms with van der Waals surface area (Å²) in [5.41, 5.74) is 0.969. The molecule has 2 heterocycles. The molecule has 0 bridgehead atoms. The highest BCUT2D eigenvalue weighted by Crippen LogP contribution is 2.24. The van der Waals surface area contributed by atoms with Gasteiger partial charge in [-0.25, -0.2) is 4.98 Å². The van der Waals surface area contributed by atoms with Gasteiger partial charge in [-0.2, -0.15) is 0 Å². The van der Waals surface area contributed by atoms with Crippen LogP contribution in [0.5, 0.6) is 0 Å². The van der Waals surface area contributed by atoms with Crippen molar-refractivity contribution in [2.24, 2.45) is 0 Å². The minimum atomic E-state index is -0.248. The Labute approximate surface area is 107 Å². The van der Waals surface area contributed by atoms with E-state index in [1.54, 1.807) is 12.4 Å². The number of aryl methyl sites for hydroxylation is 1. The van der Waals surface area contributed by atoms with Crippen LogP contribution in [0, 0.1) is 6.92 Å². The van der Waals surface area contributed by atoms with Crippen molar-refractivity contribution in [1.82, 2.24) is 14.9 Å². The van der Waals surface area contributed by atoms with E-state index in [9.17, 15) is 4.79 Å². The summed E-state index contributed by atoms with van der Waals surface area (Å²) in [6, 6.07) is 0. The monoisotopic (exact) mass is 249 g/mol. The molecule has 5 heteroatoms. The quantitative estimate of drug-likeness (QED) is 0.795. The molecule has 0 radical (unpaired) electrons. The van der Waals surface area contributed by atoms with E-state index in [1.807, 2.05) is 18.7 Å². The minimum absolute atomic E-state index is 0.0600. The molecule has 0 aromatic carbocycles. The predicted octanol–water partition coefficient (Wildman–Crippen LogP) is 1.43. The van der Waals surface area contributed by atoms with Crippen LogP contribution in [0.15, 0.2) is 12.4 Å². The SMILES string of the molecule is CCC1(C)COCCN1C(=O)c1cnc(C)cn1. The number of hydrogen-bond donors (Lipinski definition) is 0. The van der Waals surface area contributed by atoms with Gasteiger partial charge in [0.15, 0.2) is 0 Å². The summed E-state index contributed by atoms with van der Waals surface area (Å²) in [6.07, 6.45) is 4.03. The predicted molar refractivity (Wildman–Crippen MR) is 67.3 cm³/mol. The van der Waals surface area contributed by atoms with Crippen molar-refractivity contribution in [2.75, 3.05) is 19.8 Å². The number of aromatic nitrogens is 2. The number of rotatable bonds is 2. The van der Waals surface area contributed by atoms with Crippen LogP contribution in [-0.4, -0.2) is 46.1 Å². The first-order valence-electron chi connectivity index (χ1n) is 6.25. The van der Waals surface area contributed by atoms with E-state index in [0.717, 1.165) is 12.1 Å². The maximum atomic E-state index is 12.5. The van der Waals surface area contributed by atoms with Crippen LogP contribution in [0.1, 0.15) is 36.5 Å². The van der Waals surface area contributed by atoms with Crippen LogP contribution in [0.4, 0.5) is 0 Å². The first-order chi connectivity index (χ1) is 8.57. The first-order valence-corrected chi connectivity index (χ1v) is 6.25. The molecule has 0 N–H and O–H groups in total. The van der Waals surface area contributed by atoms with Gasteiger partial charge < -0.3 is 9.64 Å². The number of carbonyl (C=O) groups excluding carboxylic acids is 1. The fraction of sp³-hybridized carbons (Fsp3) is 0.615. The summed E-state index contributed by atoms with van der Waals surface area (Å²) in [7, 11) is 0. The van der Waals surface area contributed by atoms with Crippen molar-refractivity contribution < 1.29 is 9.53 Å². The van der Waals surface area contributed by atoms with Gasteiger partial charge in [0.25, 0.3) is 5.91 Å². The fourth-order valence-corrected chi connectivity index (χ4v) is 2.08. The number of ether oxygens (including phenoxy) is 1. The summed E-state index contributed by atoms with van der Waals surface area (Å²) in [5, 5.41) is 0. The molecule has 2 rings (SSSR count). The molecule has 1 aliphatic rings. The van der Waals surface area contributed by atoms with E-state index in [1.165, 1.54) is 0 Å². The van der Waals surface area contributed by atoms with Crippen LogP contribution in [-0.2, 0) is 4.74 Å². The maximum absolute atomic E-state index is 12.5. The summed E-state index contributed by atoms with van der Waals surface area (Å²) in [5.74, 6) is -0.0600. The summed E-state index contributed by atoms with van der Waals surface area (Å²) in [6.45, 7) is 7.74. The second-order valence-corrected chi connectivity index (χ2v) is 4.90. The zero-order chi connectivity index (χ0) is 13.2. The number of amides is 1. The van der Waals surface area contributed by atoms with Gasteiger partial charge in [0.2, 0.25) is 0 Å². The van der Waals surface area contributed by atoms with Crippen molar-refractivity contribution in [3.8, 4) is 0 Å². The van der Waals surface area contributed by atoms with Crippen molar-refractivity contribution in [2.45, 2.75) is 32.7 Å². The standard InChI is InChI=1S/C13H19N3O2/c1-4-13(3)9-18-6-5-16(13)12(17)11-8-14-10(2)7-15-11/h7-8H,4-6,9H2,1-3H3. The molecule has 5 nitrogen and oxygen atoms in total. The normalized spacial score (nSPS) is 24.1. The third-order valence-electron chi connectivity index (χ3n) is 3.53. The molecule has 0 aliphatic carbocycles. The molecule has 1 unspecified atom stereocenters. The molecule has 1 aromatic heterocycles. The average molecular weight is 249 g/mol. The lowest BCUT2D eigenvalue weighted by molar-refractivity contribution is -0.0468. The van der Waals surface area contributed by atoms with E-state index < -0.39 is 0 Å². The smallest absolute Gasteiger partial charge is 0.274 e. The highest BCUT2D eigenvalue weighted by Gasteiger charge is 2.37. The molecule has 1 fully saturated rings. The lowest BCUT2D eigenvalue weighted by Gasteiger charge is -2.43. The highest BCUT2D eigenvalue weighted by molar-refractivity contribution is 5.92. The molecule has 0 saturated carbocycles. The van der Waals surface area contributed by atoms with Crippen molar-refractivity contribution in [3.63, 3.8) is 0 Å². The van der Waals surface area contributed by atoms with Gasteiger partial charge in [-0.05, 0) is 20.3 Å². The number of hydrogen-bond acceptors (Lipinski definition) is 4. The third-order valence-corrected chi connectivity index (χ3v) is 3.53. The van der Waals surface area contributed by atoms with E-state index in [-0.39, 0.29) is 11.4 Å². The molecule has 0 spiro atoms. The van der Waals surface area contributed by atoms with Crippen LogP contribution in [0.25, 0.3) is 0 Å². The number of morpholine rings is 1. The van der Waals surface area contributed by atoms with Gasteiger partial charge in [0.05, 0.1) is 30.6 Å². The van der Waals surface area contributed by atoms with E-state index in [4.69, 9.17) is 4.74 Å². The lowest BCUT2D eigenvalue weighted by Crippen LogP contribution is -2.57. The summed E-state index contributed by atoms with van der Waals surface area (Å²) < 4.78 is 5.48. The Bertz CT molecular complexity index is 432. The van der Waals surface area contributed by atoms with Crippen molar-refractivity contribution >= 4 is 5.91 Å². The largest absolute Gasteiger partial charge is 0.377 e. The zero-order valence-electron chi connectivity index (χ0n) is 11.1. The Kier molecular flexibility index (Phi) is 3.61. The molecule has 1 amide bonds. The van der Waals surface area contributed by atoms with E-state index in [0.29, 0.717) is 25.5 Å². The van der Waals surface area contributed by atoms with E-state index >= 15 is 0 Å². The van der Waals surface area contributed by atoms with Gasteiger partial charge in [0.1, 0.15) is 5.69 Å². The van der Waals surface area contributed by atoms with Gasteiger partial charge in [-0.3, -0.25) is 9.78 Å². The molecule has 1 saturated heterocycles. The summed E-state index contributed by atoms with van der Waals surface area (Å²) in [4.78, 5) is 22.6. The fourth-order valence-electron chi connectivity index (χ4n) is 2.08. The summed E-state index contributed by atoms with van der Waals surface area (Å²) >= 11 is 0. The highest BCUT2D eigenvalue weighted by atomic mass is 16.5. The zero-order valence-corrected chi connectivity index (χ0v) is 11.1. The van der Waals surface area contributed by atoms with Crippen LogP contribution < -0.4 is 0 Å². The lowest BCUT2D eigenvalue weighted by atomic mass is 9.95. The Morgan fingerprint density at radius 3 is 2.89 bits per heavy atom. The van der Waals surface area contributed by atoms with Gasteiger partial charge in [0, 0.05) is 12.7 Å². The minimum Gasteiger partial charge on any atom is -0.377 e. The Morgan fingerprint density at radius 2 is 2.28 bits per heavy atom. The second kappa shape index (κ2) is 5.02. The van der Waals surface area contributed by atoms with Crippen molar-refractivity contribution in [1.29, 1.82) is 0 Å². The molecule has 98 valence electrons. The Hall–Kier alpha value is -1.49. The van der Waals surface area contributed by atoms with Gasteiger partial charge in [-0.15, -0.1) is 0 Å². The molecular formula is C13H19N3O2. The van der Waals surface area contributed by atoms with Crippen LogP contribution in [0.2, 0.25) is 0 Å². The molecule has 1 aliphatic heterocycles. The Balaban J connectivity index is 2.23. The molecule has 1 aromatic rings. The van der Waals surface area contributed by atoms with Crippen molar-refractivity contribution in [3.05, 3.63) is 23.8 Å². The topological polar surface area (TPSA) is 55.3 Å². The van der Waals surface area contributed by atoms with Crippen LogP contribution in [0.3, 0.4) is 0 Å².